The molecule has 49 heavy (non-hydrogen) atoms. The molecule has 0 saturated heterocycles. The smallest absolute Gasteiger partial charge is 0.130 e. The summed E-state index contributed by atoms with van der Waals surface area (Å²) in [6.07, 6.45) is 14.4. The molecule has 9 aromatic rings. The standard InChI is InChI=1S/C45H32N4/c1-4-12-34(13-5-1)46-30-28-40-38-16-8-3-9-18-42(38)48(44(40)46)36-24-20-32(21-25-36)33-22-26-37(27-23-33)49-43-19-11-10-17-39(43)41-29-31-47(45(41)49)35-14-6-2-7-15-35/h1-2,4-31H,3H2. The first-order valence-electron chi connectivity index (χ1n) is 16.8. The van der Waals surface area contributed by atoms with E-state index in [1.807, 2.05) is 0 Å². The normalized spacial score (nSPS) is 12.7. The van der Waals surface area contributed by atoms with Crippen LogP contribution in [0, 0.1) is 0 Å². The highest BCUT2D eigenvalue weighted by Crippen LogP contribution is 2.37. The number of hydrogen-bond donors (Lipinski definition) is 0. The van der Waals surface area contributed by atoms with Gasteiger partial charge in [-0.2, -0.15) is 0 Å². The molecule has 0 saturated carbocycles. The molecule has 0 bridgehead atoms. The van der Waals surface area contributed by atoms with Crippen molar-refractivity contribution in [3.8, 4) is 33.9 Å². The van der Waals surface area contributed by atoms with Gasteiger partial charge in [-0.1, -0.05) is 97.1 Å². The fraction of sp³-hybridized carbons (Fsp3) is 0.0222. The lowest BCUT2D eigenvalue weighted by molar-refractivity contribution is 1.01. The number of rotatable bonds is 5. The molecule has 4 aromatic heterocycles. The quantitative estimate of drug-likeness (QED) is 0.181. The molecule has 0 amide bonds. The van der Waals surface area contributed by atoms with Crippen molar-refractivity contribution in [2.75, 3.05) is 0 Å². The van der Waals surface area contributed by atoms with Gasteiger partial charge in [0.15, 0.2) is 0 Å². The zero-order valence-corrected chi connectivity index (χ0v) is 26.8. The van der Waals surface area contributed by atoms with Gasteiger partial charge in [-0.25, -0.2) is 0 Å². The second-order valence-electron chi connectivity index (χ2n) is 12.6. The summed E-state index contributed by atoms with van der Waals surface area (Å²) in [5.41, 5.74) is 13.0. The largest absolute Gasteiger partial charge is 0.302 e. The molecule has 5 aromatic carbocycles. The van der Waals surface area contributed by atoms with Crippen molar-refractivity contribution < 1.29 is 0 Å². The highest BCUT2D eigenvalue weighted by Gasteiger charge is 2.21. The van der Waals surface area contributed by atoms with Crippen LogP contribution in [0.2, 0.25) is 0 Å². The van der Waals surface area contributed by atoms with E-state index in [1.165, 1.54) is 55.4 Å². The first-order valence-corrected chi connectivity index (χ1v) is 16.8. The van der Waals surface area contributed by atoms with Crippen LogP contribution in [0.3, 0.4) is 0 Å². The number of benzene rings is 5. The van der Waals surface area contributed by atoms with Gasteiger partial charge in [0.2, 0.25) is 0 Å². The molecular formula is C45H32N4. The second-order valence-corrected chi connectivity index (χ2v) is 12.6. The summed E-state index contributed by atoms with van der Waals surface area (Å²) in [6, 6.07) is 52.3. The third-order valence-electron chi connectivity index (χ3n) is 9.87. The molecule has 0 N–H and O–H groups in total. The Bertz CT molecular complexity index is 2690. The Balaban J connectivity index is 1.06. The van der Waals surface area contributed by atoms with Crippen molar-refractivity contribution in [1.29, 1.82) is 0 Å². The fourth-order valence-electron chi connectivity index (χ4n) is 7.61. The highest BCUT2D eigenvalue weighted by molar-refractivity contribution is 6.09. The van der Waals surface area contributed by atoms with Crippen LogP contribution < -0.4 is 0 Å². The lowest BCUT2D eigenvalue weighted by Gasteiger charge is -2.14. The second kappa shape index (κ2) is 11.0. The van der Waals surface area contributed by atoms with Gasteiger partial charge in [-0.3, -0.25) is 9.13 Å². The predicted molar refractivity (Wildman–Crippen MR) is 204 cm³/mol. The van der Waals surface area contributed by atoms with Crippen LogP contribution >= 0.6 is 0 Å². The van der Waals surface area contributed by atoms with Gasteiger partial charge >= 0.3 is 0 Å². The van der Waals surface area contributed by atoms with E-state index in [0.29, 0.717) is 0 Å². The minimum atomic E-state index is 0.937. The van der Waals surface area contributed by atoms with E-state index in [4.69, 9.17) is 0 Å². The van der Waals surface area contributed by atoms with E-state index in [2.05, 4.69) is 201 Å². The molecule has 232 valence electrons. The number of nitrogens with zero attached hydrogens (tertiary/aromatic N) is 4. The van der Waals surface area contributed by atoms with Gasteiger partial charge < -0.3 is 9.13 Å². The fourth-order valence-corrected chi connectivity index (χ4v) is 7.61. The van der Waals surface area contributed by atoms with Crippen molar-refractivity contribution in [1.82, 2.24) is 18.3 Å². The van der Waals surface area contributed by atoms with Crippen LogP contribution in [0.5, 0.6) is 0 Å². The molecule has 4 heterocycles. The van der Waals surface area contributed by atoms with Crippen molar-refractivity contribution in [2.24, 2.45) is 0 Å². The molecule has 0 fully saturated rings. The average molecular weight is 629 g/mol. The van der Waals surface area contributed by atoms with E-state index in [1.54, 1.807) is 0 Å². The van der Waals surface area contributed by atoms with Gasteiger partial charge in [0.05, 0.1) is 11.2 Å². The summed E-state index contributed by atoms with van der Waals surface area (Å²) in [5, 5.41) is 3.76. The van der Waals surface area contributed by atoms with Crippen molar-refractivity contribution in [2.45, 2.75) is 6.42 Å². The summed E-state index contributed by atoms with van der Waals surface area (Å²) < 4.78 is 9.38. The lowest BCUT2D eigenvalue weighted by Crippen LogP contribution is -2.02. The zero-order chi connectivity index (χ0) is 32.3. The molecular weight excluding hydrogens is 597 g/mol. The van der Waals surface area contributed by atoms with Crippen LogP contribution in [0.4, 0.5) is 0 Å². The molecule has 0 spiro atoms. The molecule has 4 nitrogen and oxygen atoms in total. The minimum absolute atomic E-state index is 0.937. The Hall–Kier alpha value is -6.52. The van der Waals surface area contributed by atoms with Crippen LogP contribution in [0.1, 0.15) is 17.7 Å². The van der Waals surface area contributed by atoms with Crippen LogP contribution in [0.15, 0.2) is 170 Å². The number of fused-ring (bicyclic) bond motifs is 6. The molecule has 0 atom stereocenters. The maximum absolute atomic E-state index is 2.40. The summed E-state index contributed by atoms with van der Waals surface area (Å²) >= 11 is 0. The Morgan fingerprint density at radius 3 is 1.57 bits per heavy atom. The Labute approximate surface area is 284 Å². The van der Waals surface area contributed by atoms with Crippen LogP contribution in [-0.2, 0) is 0 Å². The summed E-state index contributed by atoms with van der Waals surface area (Å²) in [6.45, 7) is 0. The Morgan fingerprint density at radius 2 is 0.918 bits per heavy atom. The molecule has 0 aliphatic heterocycles. The zero-order valence-electron chi connectivity index (χ0n) is 26.8. The summed E-state index contributed by atoms with van der Waals surface area (Å²) in [5.74, 6) is 0. The number of aromatic nitrogens is 4. The van der Waals surface area contributed by atoms with Crippen LogP contribution in [-0.4, -0.2) is 18.3 Å². The molecule has 1 aliphatic rings. The monoisotopic (exact) mass is 628 g/mol. The first kappa shape index (κ1) is 27.6. The molecule has 10 rings (SSSR count). The third-order valence-corrected chi connectivity index (χ3v) is 9.87. The number of hydrogen-bond acceptors (Lipinski definition) is 0. The van der Waals surface area contributed by atoms with Crippen molar-refractivity contribution in [3.05, 3.63) is 181 Å². The van der Waals surface area contributed by atoms with E-state index < -0.39 is 0 Å². The van der Waals surface area contributed by atoms with Crippen LogP contribution in [0.25, 0.3) is 79.0 Å². The van der Waals surface area contributed by atoms with E-state index in [-0.39, 0.29) is 0 Å². The Morgan fingerprint density at radius 1 is 0.388 bits per heavy atom. The average Bonchev–Trinajstić information content (AvgIpc) is 3.89. The maximum atomic E-state index is 2.40. The van der Waals surface area contributed by atoms with Crippen molar-refractivity contribution >= 4 is 45.1 Å². The van der Waals surface area contributed by atoms with Gasteiger partial charge in [-0.05, 0) is 90.4 Å². The van der Waals surface area contributed by atoms with Gasteiger partial charge in [0.25, 0.3) is 0 Å². The predicted octanol–water partition coefficient (Wildman–Crippen LogP) is 11.4. The van der Waals surface area contributed by atoms with Crippen molar-refractivity contribution in [3.63, 3.8) is 0 Å². The number of para-hydroxylation sites is 3. The lowest BCUT2D eigenvalue weighted by atomic mass is 10.0. The molecule has 0 radical (unpaired) electrons. The third kappa shape index (κ3) is 4.31. The Kier molecular flexibility index (Phi) is 6.21. The maximum Gasteiger partial charge on any atom is 0.130 e. The highest BCUT2D eigenvalue weighted by atomic mass is 15.1. The minimum Gasteiger partial charge on any atom is -0.302 e. The SMILES string of the molecule is C1=Cc2c(n(-c3ccc(-c4ccc(-n5c6ccccc6c6ccn(-c7ccccc7)c65)cc4)cc3)c3c2ccn3-c2ccccc2)C=CC1. The number of allylic oxidation sites excluding steroid dienone is 2. The van der Waals surface area contributed by atoms with E-state index >= 15 is 0 Å². The van der Waals surface area contributed by atoms with E-state index in [0.717, 1.165) is 29.2 Å². The van der Waals surface area contributed by atoms with Gasteiger partial charge in [-0.15, -0.1) is 0 Å². The van der Waals surface area contributed by atoms with E-state index in [9.17, 15) is 0 Å². The molecule has 1 aliphatic carbocycles. The topological polar surface area (TPSA) is 19.7 Å². The van der Waals surface area contributed by atoms with Gasteiger partial charge in [0.1, 0.15) is 11.3 Å². The summed E-state index contributed by atoms with van der Waals surface area (Å²) in [4.78, 5) is 0. The summed E-state index contributed by atoms with van der Waals surface area (Å²) in [7, 11) is 0. The van der Waals surface area contributed by atoms with Gasteiger partial charge in [0, 0.05) is 56.9 Å². The first-order chi connectivity index (χ1) is 24.3. The molecule has 0 unspecified atom stereocenters. The molecule has 4 heteroatoms.